The van der Waals surface area contributed by atoms with Gasteiger partial charge in [0.15, 0.2) is 0 Å². The van der Waals surface area contributed by atoms with E-state index < -0.39 is 0 Å². The number of hydrogen-bond acceptors (Lipinski definition) is 0. The summed E-state index contributed by atoms with van der Waals surface area (Å²) in [6.07, 6.45) is 0. The maximum Gasteiger partial charge on any atom is -0.00206 e. The topological polar surface area (TPSA) is 0 Å². The van der Waals surface area contributed by atoms with Gasteiger partial charge < -0.3 is 0 Å². The Bertz CT molecular complexity index is 3300. The molecule has 0 nitrogen and oxygen atoms in total. The molecule has 0 heterocycles. The fourth-order valence-electron chi connectivity index (χ4n) is 9.12. The summed E-state index contributed by atoms with van der Waals surface area (Å²) < 4.78 is 0. The Labute approximate surface area is 327 Å². The molecular formula is C56H40. The van der Waals surface area contributed by atoms with Crippen molar-refractivity contribution in [2.75, 3.05) is 0 Å². The third-order valence-electron chi connectivity index (χ3n) is 12.1. The maximum atomic E-state index is 2.39. The summed E-state index contributed by atoms with van der Waals surface area (Å²) in [5.41, 5.74) is 11.5. The van der Waals surface area contributed by atoms with Crippen LogP contribution in [0.4, 0.5) is 0 Å². The first-order valence-corrected chi connectivity index (χ1v) is 19.7. The van der Waals surface area contributed by atoms with Gasteiger partial charge in [-0.05, 0) is 144 Å². The molecule has 0 aliphatic carbocycles. The Morgan fingerprint density at radius 2 is 0.714 bits per heavy atom. The first kappa shape index (κ1) is 32.7. The highest BCUT2D eigenvalue weighted by molar-refractivity contribution is 6.25. The number of benzene rings is 11. The molecule has 0 saturated heterocycles. The summed E-state index contributed by atoms with van der Waals surface area (Å²) >= 11 is 0. The highest BCUT2D eigenvalue weighted by atomic mass is 14.2. The molecule has 0 aromatic heterocycles. The minimum atomic E-state index is 0.103. The Morgan fingerprint density at radius 1 is 0.268 bits per heavy atom. The highest BCUT2D eigenvalue weighted by Crippen LogP contribution is 2.42. The second-order valence-corrected chi connectivity index (χ2v) is 16.6. The quantitative estimate of drug-likeness (QED) is 0.159. The molecule has 0 bridgehead atoms. The molecule has 0 aliphatic rings. The van der Waals surface area contributed by atoms with Crippen molar-refractivity contribution in [3.63, 3.8) is 0 Å². The Balaban J connectivity index is 0.935. The van der Waals surface area contributed by atoms with Gasteiger partial charge in [-0.1, -0.05) is 185 Å². The van der Waals surface area contributed by atoms with E-state index in [1.807, 2.05) is 0 Å². The molecule has 0 N–H and O–H groups in total. The van der Waals surface area contributed by atoms with Crippen molar-refractivity contribution >= 4 is 64.6 Å². The molecule has 0 amide bonds. The van der Waals surface area contributed by atoms with E-state index >= 15 is 0 Å². The molecule has 0 atom stereocenters. The summed E-state index contributed by atoms with van der Waals surface area (Å²) in [7, 11) is 0. The zero-order valence-corrected chi connectivity index (χ0v) is 31.9. The lowest BCUT2D eigenvalue weighted by molar-refractivity contribution is 0.591. The molecule has 0 saturated carbocycles. The molecule has 11 rings (SSSR count). The van der Waals surface area contributed by atoms with Crippen LogP contribution in [-0.2, 0) is 5.41 Å². The van der Waals surface area contributed by atoms with Gasteiger partial charge in [-0.2, -0.15) is 0 Å². The number of rotatable bonds is 4. The van der Waals surface area contributed by atoms with Gasteiger partial charge in [-0.25, -0.2) is 0 Å². The van der Waals surface area contributed by atoms with Gasteiger partial charge in [-0.15, -0.1) is 0 Å². The number of fused-ring (bicyclic) bond motifs is 4. The third kappa shape index (κ3) is 5.29. The largest absolute Gasteiger partial charge is 0.0622 e. The fraction of sp³-hybridized carbons (Fsp3) is 0.0714. The third-order valence-corrected chi connectivity index (χ3v) is 12.1. The molecule has 0 radical (unpaired) electrons. The van der Waals surface area contributed by atoms with Crippen LogP contribution in [0.3, 0.4) is 0 Å². The van der Waals surface area contributed by atoms with Crippen LogP contribution in [0.15, 0.2) is 188 Å². The standard InChI is InChI=1S/C56H40/c1-56(2,3)47-33-45-20-13-36-21-25-52(53-28-24-46(34-47)54(45)55(36)53)42-17-16-38-29-37(14-15-39(38)30-42)40-22-26-50-41(31-40)18-19-43-32-44(23-27-51(43)50)49-12-8-7-11-48(49)35-9-5-4-6-10-35/h4-34H,1-3H3. The fourth-order valence-corrected chi connectivity index (χ4v) is 9.12. The summed E-state index contributed by atoms with van der Waals surface area (Å²) in [5.74, 6) is 0. The molecular weight excluding hydrogens is 673 g/mol. The van der Waals surface area contributed by atoms with Crippen LogP contribution >= 0.6 is 0 Å². The van der Waals surface area contributed by atoms with E-state index in [0.29, 0.717) is 0 Å². The van der Waals surface area contributed by atoms with Crippen LogP contribution in [0.25, 0.3) is 109 Å². The minimum Gasteiger partial charge on any atom is -0.0622 e. The lowest BCUT2D eigenvalue weighted by Crippen LogP contribution is -2.10. The SMILES string of the molecule is CC(C)(C)c1cc2ccc3ccc(-c4ccc5cc(-c6ccc7c(ccc8cc(-c9ccccc9-c9ccccc9)ccc87)c6)ccc5c4)c4ccc(c1)c2c34. The van der Waals surface area contributed by atoms with Crippen molar-refractivity contribution in [2.45, 2.75) is 26.2 Å². The van der Waals surface area contributed by atoms with Gasteiger partial charge in [0.25, 0.3) is 0 Å². The summed E-state index contributed by atoms with van der Waals surface area (Å²) in [6, 6.07) is 70.3. The van der Waals surface area contributed by atoms with Crippen LogP contribution in [0.1, 0.15) is 26.3 Å². The van der Waals surface area contributed by atoms with Crippen molar-refractivity contribution in [1.29, 1.82) is 0 Å². The van der Waals surface area contributed by atoms with E-state index in [9.17, 15) is 0 Å². The van der Waals surface area contributed by atoms with Crippen LogP contribution in [0, 0.1) is 0 Å². The van der Waals surface area contributed by atoms with Gasteiger partial charge in [0, 0.05) is 0 Å². The smallest absolute Gasteiger partial charge is 0.00206 e. The van der Waals surface area contributed by atoms with E-state index in [1.54, 1.807) is 0 Å². The average Bonchev–Trinajstić information content (AvgIpc) is 3.24. The first-order valence-electron chi connectivity index (χ1n) is 19.7. The van der Waals surface area contributed by atoms with Crippen LogP contribution in [-0.4, -0.2) is 0 Å². The zero-order valence-electron chi connectivity index (χ0n) is 31.9. The minimum absolute atomic E-state index is 0.103. The monoisotopic (exact) mass is 712 g/mol. The van der Waals surface area contributed by atoms with Gasteiger partial charge in [0.2, 0.25) is 0 Å². The molecule has 0 unspecified atom stereocenters. The lowest BCUT2D eigenvalue weighted by atomic mass is 9.82. The van der Waals surface area contributed by atoms with E-state index in [1.165, 1.54) is 115 Å². The molecule has 0 heteroatoms. The summed E-state index contributed by atoms with van der Waals surface area (Å²) in [6.45, 7) is 6.89. The maximum absolute atomic E-state index is 2.39. The van der Waals surface area contributed by atoms with Crippen molar-refractivity contribution in [1.82, 2.24) is 0 Å². The molecule has 11 aromatic carbocycles. The molecule has 0 fully saturated rings. The predicted molar refractivity (Wildman–Crippen MR) is 243 cm³/mol. The predicted octanol–water partition coefficient (Wildman–Crippen LogP) is 16.0. The van der Waals surface area contributed by atoms with Gasteiger partial charge >= 0.3 is 0 Å². The van der Waals surface area contributed by atoms with Crippen molar-refractivity contribution in [3.05, 3.63) is 194 Å². The summed E-state index contributed by atoms with van der Waals surface area (Å²) in [4.78, 5) is 0. The first-order chi connectivity index (χ1) is 27.4. The lowest BCUT2D eigenvalue weighted by Gasteiger charge is -2.22. The molecule has 56 heavy (non-hydrogen) atoms. The van der Waals surface area contributed by atoms with Gasteiger partial charge in [-0.3, -0.25) is 0 Å². The normalized spacial score (nSPS) is 12.2. The van der Waals surface area contributed by atoms with Crippen LogP contribution in [0.5, 0.6) is 0 Å². The molecule has 11 aromatic rings. The van der Waals surface area contributed by atoms with E-state index in [2.05, 4.69) is 209 Å². The Hall–Kier alpha value is -6.76. The molecule has 0 spiro atoms. The highest BCUT2D eigenvalue weighted by Gasteiger charge is 2.18. The zero-order chi connectivity index (χ0) is 37.5. The number of hydrogen-bond donors (Lipinski definition) is 0. The second-order valence-electron chi connectivity index (χ2n) is 16.6. The average molecular weight is 713 g/mol. The van der Waals surface area contributed by atoms with Crippen LogP contribution < -0.4 is 0 Å². The molecule has 264 valence electrons. The van der Waals surface area contributed by atoms with Crippen LogP contribution in [0.2, 0.25) is 0 Å². The van der Waals surface area contributed by atoms with E-state index in [0.717, 1.165) is 0 Å². The second kappa shape index (κ2) is 12.4. The Morgan fingerprint density at radius 3 is 1.41 bits per heavy atom. The van der Waals surface area contributed by atoms with E-state index in [-0.39, 0.29) is 5.41 Å². The van der Waals surface area contributed by atoms with Crippen molar-refractivity contribution in [2.24, 2.45) is 0 Å². The van der Waals surface area contributed by atoms with Gasteiger partial charge in [0.05, 0.1) is 0 Å². The van der Waals surface area contributed by atoms with Gasteiger partial charge in [0.1, 0.15) is 0 Å². The van der Waals surface area contributed by atoms with Crippen molar-refractivity contribution in [3.8, 4) is 44.5 Å². The van der Waals surface area contributed by atoms with E-state index in [4.69, 9.17) is 0 Å². The summed E-state index contributed by atoms with van der Waals surface area (Å²) in [5, 5.41) is 15.6. The van der Waals surface area contributed by atoms with Crippen molar-refractivity contribution < 1.29 is 0 Å². The Kier molecular flexibility index (Phi) is 7.22. The molecule has 0 aliphatic heterocycles.